The van der Waals surface area contributed by atoms with Crippen LogP contribution in [0, 0.1) is 0 Å². The molecule has 4 aromatic rings. The van der Waals surface area contributed by atoms with Gasteiger partial charge in [-0.2, -0.15) is 0 Å². The molecule has 3 heterocycles. The van der Waals surface area contributed by atoms with E-state index >= 15 is 0 Å². The zero-order valence-corrected chi connectivity index (χ0v) is 17.4. The fourth-order valence-electron chi connectivity index (χ4n) is 3.27. The summed E-state index contributed by atoms with van der Waals surface area (Å²) in [5.74, 6) is 2.32. The number of furan rings is 1. The van der Waals surface area contributed by atoms with Crippen LogP contribution in [0.1, 0.15) is 11.3 Å². The van der Waals surface area contributed by atoms with Crippen LogP contribution in [0.15, 0.2) is 52.9 Å². The number of para-hydroxylation sites is 1. The molecule has 1 aliphatic heterocycles. The number of hydrogen-bond donors (Lipinski definition) is 1. The zero-order valence-electron chi connectivity index (χ0n) is 15.8. The highest BCUT2D eigenvalue weighted by Crippen LogP contribution is 2.38. The third-order valence-electron chi connectivity index (χ3n) is 4.65. The lowest BCUT2D eigenvalue weighted by Crippen LogP contribution is -2.24. The van der Waals surface area contributed by atoms with E-state index in [4.69, 9.17) is 25.5 Å². The summed E-state index contributed by atoms with van der Waals surface area (Å²) in [5, 5.41) is 4.14. The number of hydrogen-bond acceptors (Lipinski definition) is 6. The largest absolute Gasteiger partial charge is 0.486 e. The molecular weight excluding hydrogens is 424 g/mol. The molecule has 152 valence electrons. The minimum Gasteiger partial charge on any atom is -0.486 e. The molecule has 0 unspecified atom stereocenters. The van der Waals surface area contributed by atoms with Crippen molar-refractivity contribution >= 4 is 39.1 Å². The number of nitrogens with zero attached hydrogens (tertiary/aromatic N) is 1. The maximum atomic E-state index is 12.4. The van der Waals surface area contributed by atoms with Gasteiger partial charge in [0.15, 0.2) is 22.3 Å². The van der Waals surface area contributed by atoms with E-state index in [0.29, 0.717) is 47.8 Å². The average molecular weight is 441 g/mol. The number of carbonyl (C=O) groups is 1. The van der Waals surface area contributed by atoms with Crippen LogP contribution in [-0.2, 0) is 17.8 Å². The molecule has 2 aromatic heterocycles. The van der Waals surface area contributed by atoms with Gasteiger partial charge in [0.05, 0.1) is 28.2 Å². The van der Waals surface area contributed by atoms with E-state index in [1.165, 1.54) is 0 Å². The Kier molecular flexibility index (Phi) is 5.06. The van der Waals surface area contributed by atoms with Crippen LogP contribution in [-0.4, -0.2) is 24.1 Å². The normalized spacial score (nSPS) is 12.8. The molecule has 1 amide bonds. The van der Waals surface area contributed by atoms with Gasteiger partial charge in [-0.1, -0.05) is 23.7 Å². The van der Waals surface area contributed by atoms with E-state index in [9.17, 15) is 4.79 Å². The summed E-state index contributed by atoms with van der Waals surface area (Å²) in [5.41, 5.74) is 1.71. The molecule has 0 atom stereocenters. The van der Waals surface area contributed by atoms with Crippen LogP contribution < -0.4 is 14.8 Å². The quantitative estimate of drug-likeness (QED) is 0.480. The molecule has 6 nitrogen and oxygen atoms in total. The second-order valence-electron chi connectivity index (χ2n) is 6.81. The number of carbonyl (C=O) groups excluding carboxylic acids is 1. The maximum absolute atomic E-state index is 12.4. The number of ether oxygens (including phenoxy) is 2. The van der Waals surface area contributed by atoms with Crippen molar-refractivity contribution in [2.75, 3.05) is 13.2 Å². The Morgan fingerprint density at radius 1 is 1.13 bits per heavy atom. The van der Waals surface area contributed by atoms with Crippen LogP contribution >= 0.6 is 22.9 Å². The van der Waals surface area contributed by atoms with Crippen molar-refractivity contribution in [2.24, 2.45) is 0 Å². The summed E-state index contributed by atoms with van der Waals surface area (Å²) >= 11 is 7.81. The second kappa shape index (κ2) is 8.01. The predicted molar refractivity (Wildman–Crippen MR) is 115 cm³/mol. The van der Waals surface area contributed by atoms with Crippen molar-refractivity contribution < 1.29 is 18.7 Å². The van der Waals surface area contributed by atoms with Crippen LogP contribution in [0.4, 0.5) is 0 Å². The van der Waals surface area contributed by atoms with E-state index in [1.807, 2.05) is 36.4 Å². The van der Waals surface area contributed by atoms with E-state index < -0.39 is 0 Å². The van der Waals surface area contributed by atoms with Crippen LogP contribution in [0.25, 0.3) is 21.0 Å². The van der Waals surface area contributed by atoms with Gasteiger partial charge >= 0.3 is 0 Å². The molecule has 5 rings (SSSR count). The first kappa shape index (κ1) is 19.0. The molecule has 0 bridgehead atoms. The molecule has 0 saturated heterocycles. The smallest absolute Gasteiger partial charge is 0.224 e. The first-order chi connectivity index (χ1) is 14.7. The second-order valence-corrected chi connectivity index (χ2v) is 8.25. The lowest BCUT2D eigenvalue weighted by molar-refractivity contribution is -0.120. The number of nitrogens with one attached hydrogen (secondary N) is 1. The van der Waals surface area contributed by atoms with Gasteiger partial charge in [-0.3, -0.25) is 4.79 Å². The molecule has 0 aliphatic carbocycles. The molecule has 0 radical (unpaired) electrons. The molecular formula is C22H17ClN2O4S. The first-order valence-electron chi connectivity index (χ1n) is 9.45. The topological polar surface area (TPSA) is 73.6 Å². The zero-order chi connectivity index (χ0) is 20.5. The van der Waals surface area contributed by atoms with E-state index in [1.54, 1.807) is 23.5 Å². The van der Waals surface area contributed by atoms with E-state index in [-0.39, 0.29) is 12.3 Å². The highest BCUT2D eigenvalue weighted by atomic mass is 35.5. The first-order valence-corrected chi connectivity index (χ1v) is 10.6. The number of rotatable bonds is 5. The summed E-state index contributed by atoms with van der Waals surface area (Å²) < 4.78 is 18.0. The van der Waals surface area contributed by atoms with Gasteiger partial charge in [0.25, 0.3) is 0 Å². The van der Waals surface area contributed by atoms with Gasteiger partial charge in [-0.05, 0) is 42.0 Å². The number of fused-ring (bicyclic) bond motifs is 2. The fourth-order valence-corrected chi connectivity index (χ4v) is 4.48. The molecule has 1 N–H and O–H groups in total. The Bertz CT molecular complexity index is 1200. The summed E-state index contributed by atoms with van der Waals surface area (Å²) in [6.45, 7) is 1.23. The molecule has 8 heteroatoms. The van der Waals surface area contributed by atoms with Gasteiger partial charge in [-0.15, -0.1) is 11.3 Å². The predicted octanol–water partition coefficient (Wildman–Crippen LogP) is 4.84. The van der Waals surface area contributed by atoms with Gasteiger partial charge in [-0.25, -0.2) is 4.98 Å². The summed E-state index contributed by atoms with van der Waals surface area (Å²) in [6.07, 6.45) is 0.182. The van der Waals surface area contributed by atoms with Crippen LogP contribution in [0.5, 0.6) is 11.5 Å². The van der Waals surface area contributed by atoms with Crippen molar-refractivity contribution in [3.63, 3.8) is 0 Å². The molecule has 30 heavy (non-hydrogen) atoms. The highest BCUT2D eigenvalue weighted by Gasteiger charge is 2.18. The van der Waals surface area contributed by atoms with E-state index in [0.717, 1.165) is 20.8 Å². The SMILES string of the molecule is O=C(Cc1cc(Cl)c2c(c1)OCCO2)NCc1ccc(-c2nc3ccccc3s2)o1. The molecule has 2 aromatic carbocycles. The molecule has 0 spiro atoms. The summed E-state index contributed by atoms with van der Waals surface area (Å²) in [6, 6.07) is 15.2. The van der Waals surface area contributed by atoms with Crippen molar-refractivity contribution in [2.45, 2.75) is 13.0 Å². The third-order valence-corrected chi connectivity index (χ3v) is 5.98. The van der Waals surface area contributed by atoms with Gasteiger partial charge in [0.1, 0.15) is 19.0 Å². The van der Waals surface area contributed by atoms with Gasteiger partial charge in [0, 0.05) is 0 Å². The van der Waals surface area contributed by atoms with Crippen molar-refractivity contribution in [3.05, 3.63) is 64.9 Å². The number of halogens is 1. The fraction of sp³-hybridized carbons (Fsp3) is 0.182. The molecule has 1 aliphatic rings. The van der Waals surface area contributed by atoms with Crippen LogP contribution in [0.2, 0.25) is 5.02 Å². The number of aromatic nitrogens is 1. The van der Waals surface area contributed by atoms with Gasteiger partial charge in [0.2, 0.25) is 5.91 Å². The summed E-state index contributed by atoms with van der Waals surface area (Å²) in [7, 11) is 0. The Balaban J connectivity index is 1.22. The number of benzene rings is 2. The van der Waals surface area contributed by atoms with Crippen molar-refractivity contribution in [3.8, 4) is 22.3 Å². The average Bonchev–Trinajstić information content (AvgIpc) is 3.39. The Labute approximate surface area is 181 Å². The van der Waals surface area contributed by atoms with Crippen molar-refractivity contribution in [1.29, 1.82) is 0 Å². The van der Waals surface area contributed by atoms with Crippen LogP contribution in [0.3, 0.4) is 0 Å². The minimum absolute atomic E-state index is 0.138. The van der Waals surface area contributed by atoms with E-state index in [2.05, 4.69) is 10.3 Å². The Morgan fingerprint density at radius 2 is 2.00 bits per heavy atom. The summed E-state index contributed by atoms with van der Waals surface area (Å²) in [4.78, 5) is 17.0. The molecule has 0 fully saturated rings. The van der Waals surface area contributed by atoms with Crippen molar-refractivity contribution in [1.82, 2.24) is 10.3 Å². The third kappa shape index (κ3) is 3.86. The van der Waals surface area contributed by atoms with Gasteiger partial charge < -0.3 is 19.2 Å². The monoisotopic (exact) mass is 440 g/mol. The number of thiazole rings is 1. The number of amides is 1. The Morgan fingerprint density at radius 3 is 2.90 bits per heavy atom. The lowest BCUT2D eigenvalue weighted by Gasteiger charge is -2.20. The standard InChI is InChI=1S/C22H17ClN2O4S/c23-15-9-13(10-18-21(15)28-8-7-27-18)11-20(26)24-12-14-5-6-17(29-14)22-25-16-3-1-2-4-19(16)30-22/h1-6,9-10H,7-8,11-12H2,(H,24,26). The Hall–Kier alpha value is -3.03. The molecule has 0 saturated carbocycles. The lowest BCUT2D eigenvalue weighted by atomic mass is 10.1. The minimum atomic E-state index is -0.138. The maximum Gasteiger partial charge on any atom is 0.224 e. The highest BCUT2D eigenvalue weighted by molar-refractivity contribution is 7.21.